The molecule has 2 bridgehead atoms. The molecule has 4 atom stereocenters. The molecule has 3 aliphatic carbocycles. The van der Waals surface area contributed by atoms with Crippen LogP contribution in [0.4, 0.5) is 5.69 Å². The van der Waals surface area contributed by atoms with Crippen LogP contribution >= 0.6 is 11.6 Å². The minimum absolute atomic E-state index is 0.150. The maximum atomic E-state index is 12.5. The van der Waals surface area contributed by atoms with E-state index in [1.807, 2.05) is 0 Å². The number of benzene rings is 1. The maximum Gasteiger partial charge on any atom is 0.228 e. The van der Waals surface area contributed by atoms with E-state index < -0.39 is 0 Å². The fraction of sp³-hybridized carbons (Fsp3) is 0.562. The molecule has 1 amide bonds. The zero-order valence-corrected chi connectivity index (χ0v) is 12.2. The highest BCUT2D eigenvalue weighted by atomic mass is 35.5. The van der Waals surface area contributed by atoms with E-state index in [9.17, 15) is 4.79 Å². The van der Waals surface area contributed by atoms with Gasteiger partial charge in [-0.3, -0.25) is 4.79 Å². The third kappa shape index (κ3) is 1.76. The Kier molecular flexibility index (Phi) is 2.75. The van der Waals surface area contributed by atoms with Gasteiger partial charge in [-0.1, -0.05) is 11.6 Å². The molecule has 0 aromatic heterocycles. The normalized spacial score (nSPS) is 36.6. The Morgan fingerprint density at radius 2 is 2.00 bits per heavy atom. The molecular formula is C16H18ClNO2. The minimum atomic E-state index is 0.150. The Bertz CT molecular complexity index is 558. The number of carbonyl (C=O) groups is 1. The van der Waals surface area contributed by atoms with Crippen molar-refractivity contribution in [3.8, 4) is 5.75 Å². The summed E-state index contributed by atoms with van der Waals surface area (Å²) in [6, 6.07) is 5.31. The van der Waals surface area contributed by atoms with E-state index in [4.69, 9.17) is 16.3 Å². The highest BCUT2D eigenvalue weighted by Gasteiger charge is 2.67. The second-order valence-electron chi connectivity index (χ2n) is 6.35. The first-order chi connectivity index (χ1) is 9.69. The average Bonchev–Trinajstić information content (AvgIpc) is 2.88. The van der Waals surface area contributed by atoms with Gasteiger partial charge in [-0.25, -0.2) is 0 Å². The lowest BCUT2D eigenvalue weighted by molar-refractivity contribution is -0.118. The molecule has 1 aromatic carbocycles. The van der Waals surface area contributed by atoms with Crippen molar-refractivity contribution in [1.29, 1.82) is 0 Å². The van der Waals surface area contributed by atoms with Gasteiger partial charge in [-0.15, -0.1) is 0 Å². The predicted octanol–water partition coefficient (Wildman–Crippen LogP) is 3.58. The van der Waals surface area contributed by atoms with Gasteiger partial charge in [-0.2, -0.15) is 0 Å². The zero-order chi connectivity index (χ0) is 13.9. The summed E-state index contributed by atoms with van der Waals surface area (Å²) in [5.74, 6) is 3.96. The lowest BCUT2D eigenvalue weighted by Crippen LogP contribution is -2.19. The fourth-order valence-electron chi connectivity index (χ4n) is 4.67. The van der Waals surface area contributed by atoms with Gasteiger partial charge < -0.3 is 10.1 Å². The molecule has 0 aliphatic heterocycles. The van der Waals surface area contributed by atoms with E-state index in [1.165, 1.54) is 19.3 Å². The molecular weight excluding hydrogens is 274 g/mol. The number of methoxy groups -OCH3 is 1. The van der Waals surface area contributed by atoms with Crippen molar-refractivity contribution in [2.45, 2.75) is 19.3 Å². The molecule has 3 fully saturated rings. The highest BCUT2D eigenvalue weighted by molar-refractivity contribution is 6.31. The molecule has 4 rings (SSSR count). The van der Waals surface area contributed by atoms with Crippen LogP contribution in [0.1, 0.15) is 19.3 Å². The molecule has 3 saturated carbocycles. The van der Waals surface area contributed by atoms with Crippen LogP contribution in [-0.2, 0) is 4.79 Å². The van der Waals surface area contributed by atoms with Crippen LogP contribution in [0.2, 0.25) is 5.02 Å². The monoisotopic (exact) mass is 291 g/mol. The minimum Gasteiger partial charge on any atom is -0.495 e. The lowest BCUT2D eigenvalue weighted by atomic mass is 10.0. The average molecular weight is 292 g/mol. The molecule has 4 heteroatoms. The largest absolute Gasteiger partial charge is 0.495 e. The zero-order valence-electron chi connectivity index (χ0n) is 11.4. The third-order valence-corrected chi connectivity index (χ3v) is 5.69. The van der Waals surface area contributed by atoms with Crippen LogP contribution in [0.25, 0.3) is 0 Å². The van der Waals surface area contributed by atoms with Gasteiger partial charge in [-0.05, 0) is 61.1 Å². The predicted molar refractivity (Wildman–Crippen MR) is 77.9 cm³/mol. The number of hydrogen-bond donors (Lipinski definition) is 1. The number of hydrogen-bond acceptors (Lipinski definition) is 2. The van der Waals surface area contributed by atoms with Crippen LogP contribution in [0, 0.1) is 29.6 Å². The summed E-state index contributed by atoms with van der Waals surface area (Å²) in [4.78, 5) is 12.5. The van der Waals surface area contributed by atoms with E-state index in [-0.39, 0.29) is 11.8 Å². The van der Waals surface area contributed by atoms with Crippen molar-refractivity contribution in [1.82, 2.24) is 0 Å². The quantitative estimate of drug-likeness (QED) is 0.924. The highest BCUT2D eigenvalue weighted by Crippen LogP contribution is 2.69. The number of fused-ring (bicyclic) bond motifs is 5. The van der Waals surface area contributed by atoms with Crippen molar-refractivity contribution in [3.63, 3.8) is 0 Å². The van der Waals surface area contributed by atoms with E-state index in [0.717, 1.165) is 11.8 Å². The Morgan fingerprint density at radius 3 is 2.65 bits per heavy atom. The van der Waals surface area contributed by atoms with Gasteiger partial charge in [0.15, 0.2) is 0 Å². The molecule has 0 unspecified atom stereocenters. The van der Waals surface area contributed by atoms with Crippen LogP contribution in [0.3, 0.4) is 0 Å². The first kappa shape index (κ1) is 12.5. The smallest absolute Gasteiger partial charge is 0.228 e. The number of amides is 1. The van der Waals surface area contributed by atoms with Crippen molar-refractivity contribution in [2.24, 2.45) is 29.6 Å². The molecule has 1 N–H and O–H groups in total. The number of rotatable bonds is 3. The molecule has 0 spiro atoms. The lowest BCUT2D eigenvalue weighted by Gasteiger charge is -2.12. The molecule has 0 saturated heterocycles. The summed E-state index contributed by atoms with van der Waals surface area (Å²) < 4.78 is 5.28. The summed E-state index contributed by atoms with van der Waals surface area (Å²) in [5.41, 5.74) is 0.683. The van der Waals surface area contributed by atoms with E-state index in [0.29, 0.717) is 28.3 Å². The second kappa shape index (κ2) is 4.39. The third-order valence-electron chi connectivity index (χ3n) is 5.46. The molecule has 106 valence electrons. The molecule has 3 aliphatic rings. The standard InChI is InChI=1S/C16H18ClNO2/c1-20-12-5-4-10(17)7-11(12)18-16(19)15-13-8-2-3-9(6-8)14(13)15/h4-5,7-9,13-15H,2-3,6H2,1H3,(H,18,19)/t8-,9-,13-,14-/m1/s1. The molecule has 3 nitrogen and oxygen atoms in total. The van der Waals surface area contributed by atoms with Crippen molar-refractivity contribution in [2.75, 3.05) is 12.4 Å². The number of nitrogens with one attached hydrogen (secondary N) is 1. The van der Waals surface area contributed by atoms with E-state index >= 15 is 0 Å². The van der Waals surface area contributed by atoms with Gasteiger partial charge in [0.1, 0.15) is 5.75 Å². The number of halogens is 1. The molecule has 0 heterocycles. The first-order valence-electron chi connectivity index (χ1n) is 7.33. The first-order valence-corrected chi connectivity index (χ1v) is 7.71. The van der Waals surface area contributed by atoms with Crippen LogP contribution in [-0.4, -0.2) is 13.0 Å². The van der Waals surface area contributed by atoms with Gasteiger partial charge in [0.25, 0.3) is 0 Å². The Balaban J connectivity index is 1.50. The van der Waals surface area contributed by atoms with Crippen molar-refractivity contribution in [3.05, 3.63) is 23.2 Å². The Morgan fingerprint density at radius 1 is 1.30 bits per heavy atom. The maximum absolute atomic E-state index is 12.5. The number of carbonyl (C=O) groups excluding carboxylic acids is 1. The second-order valence-corrected chi connectivity index (χ2v) is 6.78. The summed E-state index contributed by atoms with van der Waals surface area (Å²) in [6.45, 7) is 0. The van der Waals surface area contributed by atoms with E-state index in [2.05, 4.69) is 5.32 Å². The summed E-state index contributed by atoms with van der Waals surface area (Å²) >= 11 is 6.00. The van der Waals surface area contributed by atoms with Gasteiger partial charge in [0.2, 0.25) is 5.91 Å². The van der Waals surface area contributed by atoms with Crippen LogP contribution in [0.5, 0.6) is 5.75 Å². The number of ether oxygens (including phenoxy) is 1. The van der Waals surface area contributed by atoms with E-state index in [1.54, 1.807) is 25.3 Å². The Labute approximate surface area is 123 Å². The Hall–Kier alpha value is -1.22. The number of anilines is 1. The topological polar surface area (TPSA) is 38.3 Å². The molecule has 1 aromatic rings. The van der Waals surface area contributed by atoms with Crippen LogP contribution in [0.15, 0.2) is 18.2 Å². The fourth-order valence-corrected chi connectivity index (χ4v) is 4.84. The molecule has 0 radical (unpaired) electrons. The molecule has 20 heavy (non-hydrogen) atoms. The summed E-state index contributed by atoms with van der Waals surface area (Å²) in [7, 11) is 1.60. The van der Waals surface area contributed by atoms with Gasteiger partial charge in [0.05, 0.1) is 12.8 Å². The SMILES string of the molecule is COc1ccc(Cl)cc1NC(=O)C1[C@@H]2[C@@H]3CC[C@H](C3)[C@@H]12. The summed E-state index contributed by atoms with van der Waals surface area (Å²) in [5, 5.41) is 3.62. The van der Waals surface area contributed by atoms with Crippen LogP contribution < -0.4 is 10.1 Å². The van der Waals surface area contributed by atoms with Gasteiger partial charge in [0, 0.05) is 10.9 Å². The summed E-state index contributed by atoms with van der Waals surface area (Å²) in [6.07, 6.45) is 4.02. The van der Waals surface area contributed by atoms with Crippen molar-refractivity contribution >= 4 is 23.2 Å². The van der Waals surface area contributed by atoms with Gasteiger partial charge >= 0.3 is 0 Å². The van der Waals surface area contributed by atoms with Crippen molar-refractivity contribution < 1.29 is 9.53 Å².